The second-order valence-corrected chi connectivity index (χ2v) is 3.88. The van der Waals surface area contributed by atoms with E-state index in [-0.39, 0.29) is 0 Å². The fourth-order valence-electron chi connectivity index (χ4n) is 1.65. The second-order valence-electron chi connectivity index (χ2n) is 3.88. The Hall–Kier alpha value is -0.0800. The van der Waals surface area contributed by atoms with E-state index in [9.17, 15) is 0 Å². The van der Waals surface area contributed by atoms with Crippen LogP contribution < -0.4 is 5.73 Å². The smallest absolute Gasteiger partial charge is 0.0107 e. The highest BCUT2D eigenvalue weighted by Gasteiger charge is 2.19. The predicted octanol–water partition coefficient (Wildman–Crippen LogP) is 1.70. The number of hydrogen-bond donors (Lipinski definition) is 1. The molecule has 0 fully saturated rings. The van der Waals surface area contributed by atoms with Crippen molar-refractivity contribution >= 4 is 0 Å². The summed E-state index contributed by atoms with van der Waals surface area (Å²) in [4.78, 5) is 2.48. The maximum Gasteiger partial charge on any atom is 0.0107 e. The molecule has 0 aliphatic carbocycles. The molecule has 0 rings (SSSR count). The Balaban J connectivity index is 4.10. The summed E-state index contributed by atoms with van der Waals surface area (Å²) in [7, 11) is 0. The normalized spacial score (nSPS) is 17.0. The third-order valence-corrected chi connectivity index (χ3v) is 2.75. The number of nitrogens with zero attached hydrogens (tertiary/aromatic N) is 1. The molecule has 0 saturated carbocycles. The Bertz CT molecular complexity index is 112. The molecular formula is C10H24N2. The first kappa shape index (κ1) is 11.9. The van der Waals surface area contributed by atoms with Crippen LogP contribution in [0, 0.1) is 5.92 Å². The van der Waals surface area contributed by atoms with Crippen LogP contribution in [0.1, 0.15) is 34.6 Å². The molecule has 0 heterocycles. The van der Waals surface area contributed by atoms with E-state index in [0.717, 1.165) is 13.1 Å². The molecule has 0 aromatic rings. The molecule has 2 nitrogen and oxygen atoms in total. The minimum atomic E-state index is 0.590. The third kappa shape index (κ3) is 3.11. The largest absolute Gasteiger partial charge is 0.330 e. The van der Waals surface area contributed by atoms with Gasteiger partial charge in [0.05, 0.1) is 0 Å². The van der Waals surface area contributed by atoms with E-state index in [0.29, 0.717) is 18.0 Å². The first-order chi connectivity index (χ1) is 5.54. The molecule has 2 N–H and O–H groups in total. The molecule has 0 saturated heterocycles. The summed E-state index contributed by atoms with van der Waals surface area (Å²) in [6, 6.07) is 1.22. The Morgan fingerprint density at radius 3 is 1.92 bits per heavy atom. The Morgan fingerprint density at radius 1 is 1.17 bits per heavy atom. The summed E-state index contributed by atoms with van der Waals surface area (Å²) in [5, 5.41) is 0. The highest BCUT2D eigenvalue weighted by molar-refractivity contribution is 4.74. The SMILES string of the molecule is CCN(C(C)C)C(C)C(C)CN. The average molecular weight is 172 g/mol. The predicted molar refractivity (Wildman–Crippen MR) is 55.2 cm³/mol. The molecule has 0 amide bonds. The molecule has 0 aromatic heterocycles. The monoisotopic (exact) mass is 172 g/mol. The molecule has 0 aliphatic heterocycles. The molecule has 0 aliphatic rings. The van der Waals surface area contributed by atoms with Crippen molar-refractivity contribution < 1.29 is 0 Å². The lowest BCUT2D eigenvalue weighted by Crippen LogP contribution is -2.43. The molecule has 12 heavy (non-hydrogen) atoms. The van der Waals surface area contributed by atoms with Gasteiger partial charge in [0.1, 0.15) is 0 Å². The average Bonchev–Trinajstić information content (AvgIpc) is 2.03. The lowest BCUT2D eigenvalue weighted by Gasteiger charge is -2.34. The summed E-state index contributed by atoms with van der Waals surface area (Å²) in [5.41, 5.74) is 5.64. The zero-order valence-electron chi connectivity index (χ0n) is 9.17. The molecule has 0 bridgehead atoms. The number of nitrogens with two attached hydrogens (primary N) is 1. The van der Waals surface area contributed by atoms with Gasteiger partial charge in [0.2, 0.25) is 0 Å². The van der Waals surface area contributed by atoms with Crippen LogP contribution in [0.2, 0.25) is 0 Å². The standard InChI is InChI=1S/C10H24N2/c1-6-12(8(2)3)10(5)9(4)7-11/h8-10H,6-7,11H2,1-5H3. The summed E-state index contributed by atoms with van der Waals surface area (Å²) < 4.78 is 0. The van der Waals surface area contributed by atoms with Gasteiger partial charge in [-0.1, -0.05) is 13.8 Å². The van der Waals surface area contributed by atoms with Crippen molar-refractivity contribution in [1.82, 2.24) is 4.90 Å². The first-order valence-corrected chi connectivity index (χ1v) is 5.00. The minimum absolute atomic E-state index is 0.590. The highest BCUT2D eigenvalue weighted by atomic mass is 15.2. The van der Waals surface area contributed by atoms with Gasteiger partial charge in [0.15, 0.2) is 0 Å². The van der Waals surface area contributed by atoms with Crippen molar-refractivity contribution in [3.63, 3.8) is 0 Å². The number of hydrogen-bond acceptors (Lipinski definition) is 2. The van der Waals surface area contributed by atoms with E-state index in [1.807, 2.05) is 0 Å². The van der Waals surface area contributed by atoms with Crippen molar-refractivity contribution in [1.29, 1.82) is 0 Å². The van der Waals surface area contributed by atoms with Crippen LogP contribution in [0.15, 0.2) is 0 Å². The maximum absolute atomic E-state index is 5.64. The van der Waals surface area contributed by atoms with Crippen molar-refractivity contribution in [2.75, 3.05) is 13.1 Å². The molecule has 2 unspecified atom stereocenters. The Morgan fingerprint density at radius 2 is 1.67 bits per heavy atom. The molecule has 0 radical (unpaired) electrons. The van der Waals surface area contributed by atoms with Gasteiger partial charge in [-0.3, -0.25) is 4.90 Å². The third-order valence-electron chi connectivity index (χ3n) is 2.75. The topological polar surface area (TPSA) is 29.3 Å². The molecule has 2 heteroatoms. The minimum Gasteiger partial charge on any atom is -0.330 e. The quantitative estimate of drug-likeness (QED) is 0.684. The van der Waals surface area contributed by atoms with Crippen LogP contribution in [-0.4, -0.2) is 30.1 Å². The van der Waals surface area contributed by atoms with Crippen LogP contribution in [0.4, 0.5) is 0 Å². The second kappa shape index (κ2) is 5.55. The van der Waals surface area contributed by atoms with Gasteiger partial charge in [0, 0.05) is 12.1 Å². The highest BCUT2D eigenvalue weighted by Crippen LogP contribution is 2.12. The summed E-state index contributed by atoms with van der Waals surface area (Å²) in [6.45, 7) is 13.1. The molecule has 0 spiro atoms. The van der Waals surface area contributed by atoms with E-state index in [1.54, 1.807) is 0 Å². The molecule has 0 aromatic carbocycles. The van der Waals surface area contributed by atoms with Gasteiger partial charge in [-0.2, -0.15) is 0 Å². The van der Waals surface area contributed by atoms with Crippen LogP contribution in [0.5, 0.6) is 0 Å². The number of rotatable bonds is 5. The first-order valence-electron chi connectivity index (χ1n) is 5.00. The van der Waals surface area contributed by atoms with E-state index < -0.39 is 0 Å². The molecule has 74 valence electrons. The summed E-state index contributed by atoms with van der Waals surface area (Å²) in [6.07, 6.45) is 0. The summed E-state index contributed by atoms with van der Waals surface area (Å²) >= 11 is 0. The van der Waals surface area contributed by atoms with Gasteiger partial charge >= 0.3 is 0 Å². The van der Waals surface area contributed by atoms with E-state index >= 15 is 0 Å². The lowest BCUT2D eigenvalue weighted by atomic mass is 10.0. The Labute approximate surface area is 77.1 Å². The van der Waals surface area contributed by atoms with Crippen LogP contribution >= 0.6 is 0 Å². The fourth-order valence-corrected chi connectivity index (χ4v) is 1.65. The van der Waals surface area contributed by atoms with Gasteiger partial charge in [-0.05, 0) is 39.8 Å². The van der Waals surface area contributed by atoms with Crippen LogP contribution in [0.3, 0.4) is 0 Å². The zero-order valence-corrected chi connectivity index (χ0v) is 9.17. The van der Waals surface area contributed by atoms with E-state index in [2.05, 4.69) is 39.5 Å². The maximum atomic E-state index is 5.64. The zero-order chi connectivity index (χ0) is 9.72. The van der Waals surface area contributed by atoms with Crippen molar-refractivity contribution in [3.8, 4) is 0 Å². The van der Waals surface area contributed by atoms with E-state index in [4.69, 9.17) is 5.73 Å². The van der Waals surface area contributed by atoms with Crippen molar-refractivity contribution in [2.45, 2.75) is 46.7 Å². The lowest BCUT2D eigenvalue weighted by molar-refractivity contribution is 0.134. The van der Waals surface area contributed by atoms with Crippen molar-refractivity contribution in [2.24, 2.45) is 11.7 Å². The summed E-state index contributed by atoms with van der Waals surface area (Å²) in [5.74, 6) is 0.590. The van der Waals surface area contributed by atoms with Gasteiger partial charge in [-0.15, -0.1) is 0 Å². The van der Waals surface area contributed by atoms with Gasteiger partial charge in [0.25, 0.3) is 0 Å². The van der Waals surface area contributed by atoms with Crippen molar-refractivity contribution in [3.05, 3.63) is 0 Å². The van der Waals surface area contributed by atoms with Crippen LogP contribution in [0.25, 0.3) is 0 Å². The fraction of sp³-hybridized carbons (Fsp3) is 1.00. The van der Waals surface area contributed by atoms with Crippen LogP contribution in [-0.2, 0) is 0 Å². The van der Waals surface area contributed by atoms with E-state index in [1.165, 1.54) is 0 Å². The van der Waals surface area contributed by atoms with Gasteiger partial charge < -0.3 is 5.73 Å². The van der Waals surface area contributed by atoms with Gasteiger partial charge in [-0.25, -0.2) is 0 Å². The molecular weight excluding hydrogens is 148 g/mol. The molecule has 2 atom stereocenters. The Kier molecular flexibility index (Phi) is 5.51.